The second kappa shape index (κ2) is 10.2. The van der Waals surface area contributed by atoms with Gasteiger partial charge in [-0.2, -0.15) is 0 Å². The van der Waals surface area contributed by atoms with Gasteiger partial charge in [0.1, 0.15) is 5.76 Å². The summed E-state index contributed by atoms with van der Waals surface area (Å²) in [6.07, 6.45) is 0.855. The Morgan fingerprint density at radius 2 is 1.97 bits per heavy atom. The minimum atomic E-state index is -1.65. The summed E-state index contributed by atoms with van der Waals surface area (Å²) in [5, 5.41) is 21.0. The zero-order valence-corrected chi connectivity index (χ0v) is 21.9. The van der Waals surface area contributed by atoms with Gasteiger partial charge in [-0.3, -0.25) is 14.4 Å². The largest absolute Gasteiger partial charge is 0.493 e. The van der Waals surface area contributed by atoms with Crippen LogP contribution in [0.15, 0.2) is 24.0 Å². The molecule has 0 aromatic heterocycles. The Morgan fingerprint density at radius 3 is 2.69 bits per heavy atom. The Hall–Kier alpha value is -3.60. The van der Waals surface area contributed by atoms with E-state index in [9.17, 15) is 24.3 Å². The smallest absolute Gasteiger partial charge is 0.353 e. The van der Waals surface area contributed by atoms with E-state index in [0.29, 0.717) is 24.3 Å². The molecule has 1 spiro atoms. The molecule has 5 atom stereocenters. The lowest BCUT2D eigenvalue weighted by molar-refractivity contribution is -0.175. The third-order valence-corrected chi connectivity index (χ3v) is 8.42. The maximum Gasteiger partial charge on any atom is 0.353 e. The molecule has 1 aromatic carbocycles. The number of rotatable bonds is 10. The van der Waals surface area contributed by atoms with Crippen LogP contribution in [0.1, 0.15) is 63.0 Å². The van der Waals surface area contributed by atoms with Crippen LogP contribution in [0.3, 0.4) is 0 Å². The van der Waals surface area contributed by atoms with E-state index in [1.165, 1.54) is 7.11 Å². The van der Waals surface area contributed by atoms with E-state index in [1.807, 2.05) is 12.1 Å². The van der Waals surface area contributed by atoms with Crippen molar-refractivity contribution in [1.29, 1.82) is 0 Å². The van der Waals surface area contributed by atoms with Gasteiger partial charge in [-0.25, -0.2) is 4.79 Å². The van der Waals surface area contributed by atoms with E-state index in [-0.39, 0.29) is 24.7 Å². The SMILES string of the molecule is CCOC(=O)C[C@H](OC(=O)CCC(=O)O)C(=O)OC1=CC[C@@]2(O)[C@@H]3CCC[C@@]24c2c(ccc(OC)c2O[C@@H]14)C3. The zero-order chi connectivity index (χ0) is 27.9. The summed E-state index contributed by atoms with van der Waals surface area (Å²) in [7, 11) is 1.54. The van der Waals surface area contributed by atoms with E-state index in [1.54, 1.807) is 13.0 Å². The Kier molecular flexibility index (Phi) is 7.04. The van der Waals surface area contributed by atoms with Crippen LogP contribution in [0.2, 0.25) is 0 Å². The number of methoxy groups -OCH3 is 1. The molecule has 1 fully saturated rings. The molecule has 11 nitrogen and oxygen atoms in total. The fourth-order valence-corrected chi connectivity index (χ4v) is 6.83. The van der Waals surface area contributed by atoms with Crippen molar-refractivity contribution in [2.24, 2.45) is 5.92 Å². The van der Waals surface area contributed by atoms with Gasteiger partial charge in [0.25, 0.3) is 0 Å². The number of benzene rings is 1. The number of esters is 3. The summed E-state index contributed by atoms with van der Waals surface area (Å²) in [6, 6.07) is 3.84. The van der Waals surface area contributed by atoms with Crippen molar-refractivity contribution in [3.05, 3.63) is 35.1 Å². The second-order valence-electron chi connectivity index (χ2n) is 10.4. The van der Waals surface area contributed by atoms with Crippen molar-refractivity contribution in [1.82, 2.24) is 0 Å². The molecule has 1 aliphatic heterocycles. The molecule has 0 radical (unpaired) electrons. The third-order valence-electron chi connectivity index (χ3n) is 8.42. The van der Waals surface area contributed by atoms with Crippen molar-refractivity contribution in [3.8, 4) is 11.5 Å². The number of ether oxygens (including phenoxy) is 5. The van der Waals surface area contributed by atoms with Crippen molar-refractivity contribution in [3.63, 3.8) is 0 Å². The summed E-state index contributed by atoms with van der Waals surface area (Å²) in [5.41, 5.74) is -0.00529. The molecule has 1 saturated carbocycles. The molecule has 210 valence electrons. The van der Waals surface area contributed by atoms with Gasteiger partial charge in [0.2, 0.25) is 6.10 Å². The maximum atomic E-state index is 13.3. The summed E-state index contributed by atoms with van der Waals surface area (Å²) >= 11 is 0. The third kappa shape index (κ3) is 4.32. The predicted octanol–water partition coefficient (Wildman–Crippen LogP) is 2.34. The van der Waals surface area contributed by atoms with E-state index >= 15 is 0 Å². The molecule has 2 N–H and O–H groups in total. The molecule has 0 unspecified atom stereocenters. The van der Waals surface area contributed by atoms with Crippen LogP contribution >= 0.6 is 0 Å². The quantitative estimate of drug-likeness (QED) is 0.329. The highest BCUT2D eigenvalue weighted by Gasteiger charge is 2.71. The topological polar surface area (TPSA) is 155 Å². The fraction of sp³-hybridized carbons (Fsp3) is 0.571. The Balaban J connectivity index is 1.45. The lowest BCUT2D eigenvalue weighted by Crippen LogP contribution is -2.67. The molecule has 1 aromatic rings. The van der Waals surface area contributed by atoms with Gasteiger partial charge in [-0.05, 0) is 56.2 Å². The minimum absolute atomic E-state index is 0.00412. The molecule has 4 aliphatic rings. The minimum Gasteiger partial charge on any atom is -0.493 e. The first-order valence-corrected chi connectivity index (χ1v) is 13.2. The normalized spacial score (nSPS) is 28.2. The van der Waals surface area contributed by atoms with Crippen LogP contribution in [0.25, 0.3) is 0 Å². The molecule has 39 heavy (non-hydrogen) atoms. The maximum absolute atomic E-state index is 13.3. The molecular weight excluding hydrogens is 512 g/mol. The fourth-order valence-electron chi connectivity index (χ4n) is 6.83. The molecule has 2 bridgehead atoms. The van der Waals surface area contributed by atoms with Crippen LogP contribution in [0, 0.1) is 5.92 Å². The van der Waals surface area contributed by atoms with Crippen LogP contribution in [0.4, 0.5) is 0 Å². The van der Waals surface area contributed by atoms with Crippen molar-refractivity contribution < 1.29 is 53.1 Å². The monoisotopic (exact) mass is 544 g/mol. The molecule has 0 amide bonds. The summed E-state index contributed by atoms with van der Waals surface area (Å²) < 4.78 is 27.8. The number of aliphatic hydroxyl groups is 1. The first-order chi connectivity index (χ1) is 18.6. The highest BCUT2D eigenvalue weighted by Crippen LogP contribution is 2.67. The Morgan fingerprint density at radius 1 is 1.18 bits per heavy atom. The molecule has 5 rings (SSSR count). The number of aliphatic carboxylic acids is 1. The first-order valence-electron chi connectivity index (χ1n) is 13.2. The van der Waals surface area contributed by atoms with E-state index < -0.39 is 66.4 Å². The summed E-state index contributed by atoms with van der Waals surface area (Å²) in [6.45, 7) is 1.65. The lowest BCUT2D eigenvalue weighted by Gasteiger charge is -2.59. The zero-order valence-electron chi connectivity index (χ0n) is 21.9. The van der Waals surface area contributed by atoms with Crippen LogP contribution in [-0.4, -0.2) is 65.6 Å². The van der Waals surface area contributed by atoms with E-state index in [2.05, 4.69) is 0 Å². The number of carboxylic acids is 1. The number of hydrogen-bond acceptors (Lipinski definition) is 10. The Bertz CT molecular complexity index is 1240. The van der Waals surface area contributed by atoms with Crippen molar-refractivity contribution in [2.75, 3.05) is 13.7 Å². The summed E-state index contributed by atoms with van der Waals surface area (Å²) in [4.78, 5) is 48.6. The second-order valence-corrected chi connectivity index (χ2v) is 10.4. The Labute approximate surface area is 225 Å². The van der Waals surface area contributed by atoms with Crippen molar-refractivity contribution in [2.45, 2.75) is 81.5 Å². The van der Waals surface area contributed by atoms with E-state index in [0.717, 1.165) is 24.0 Å². The first kappa shape index (κ1) is 27.0. The molecule has 1 heterocycles. The van der Waals surface area contributed by atoms with Crippen LogP contribution < -0.4 is 9.47 Å². The highest BCUT2D eigenvalue weighted by atomic mass is 16.6. The van der Waals surface area contributed by atoms with Gasteiger partial charge in [0.15, 0.2) is 17.6 Å². The molecular formula is C28H32O11. The number of carboxylic acid groups (broad SMARTS) is 1. The molecule has 0 saturated heterocycles. The van der Waals surface area contributed by atoms with Gasteiger partial charge in [-0.15, -0.1) is 0 Å². The van der Waals surface area contributed by atoms with Gasteiger partial charge in [-0.1, -0.05) is 12.5 Å². The molecule has 11 heteroatoms. The lowest BCUT2D eigenvalue weighted by atomic mass is 9.47. The summed E-state index contributed by atoms with van der Waals surface area (Å²) in [5.74, 6) is -2.77. The number of carbonyl (C=O) groups is 4. The van der Waals surface area contributed by atoms with Gasteiger partial charge >= 0.3 is 23.9 Å². The average molecular weight is 545 g/mol. The van der Waals surface area contributed by atoms with Crippen molar-refractivity contribution >= 4 is 23.9 Å². The average Bonchev–Trinajstić information content (AvgIpc) is 3.24. The predicted molar refractivity (Wildman–Crippen MR) is 132 cm³/mol. The van der Waals surface area contributed by atoms with E-state index in [4.69, 9.17) is 28.8 Å². The van der Waals surface area contributed by atoms with Gasteiger partial charge < -0.3 is 33.9 Å². The number of hydrogen-bond donors (Lipinski definition) is 2. The van der Waals surface area contributed by atoms with Crippen LogP contribution in [-0.2, 0) is 45.2 Å². The number of carbonyl (C=O) groups excluding carboxylic acids is 3. The standard InChI is InChI=1S/C28H32O11/c1-3-36-22(32)14-19(37-21(31)9-8-20(29)30)26(33)38-18-10-12-28(34)16-5-4-11-27(28)23-15(13-16)6-7-17(35-2)24(23)39-25(18)27/h6-7,10,16,19,25,34H,3-5,8-9,11-14H2,1-2H3,(H,29,30)/t16-,19+,25+,27+,28-/m1/s1. The molecule has 3 aliphatic carbocycles. The van der Waals surface area contributed by atoms with Gasteiger partial charge in [0.05, 0.1) is 44.0 Å². The van der Waals surface area contributed by atoms with Crippen LogP contribution in [0.5, 0.6) is 11.5 Å². The van der Waals surface area contributed by atoms with Gasteiger partial charge in [0, 0.05) is 5.56 Å². The highest BCUT2D eigenvalue weighted by molar-refractivity contribution is 5.86.